The number of likely N-dealkylation sites (tertiary alicyclic amines) is 1. The second-order valence-corrected chi connectivity index (χ2v) is 9.11. The highest BCUT2D eigenvalue weighted by Crippen LogP contribution is 2.32. The summed E-state index contributed by atoms with van der Waals surface area (Å²) in [6.45, 7) is 8.76. The topological polar surface area (TPSA) is 103 Å². The number of fused-ring (bicyclic) bond motifs is 1. The molecule has 2 heterocycles. The lowest BCUT2D eigenvalue weighted by Gasteiger charge is -2.43. The lowest BCUT2D eigenvalue weighted by atomic mass is 9.90. The monoisotopic (exact) mass is 464 g/mol. The maximum absolute atomic E-state index is 13.0. The number of hydrogen-bond donors (Lipinski definition) is 1. The Kier molecular flexibility index (Phi) is 7.76. The number of benzene rings is 2. The molecule has 0 spiro atoms. The van der Waals surface area contributed by atoms with Crippen LogP contribution in [-0.2, 0) is 9.59 Å². The van der Waals surface area contributed by atoms with Crippen molar-refractivity contribution in [2.75, 3.05) is 6.54 Å². The van der Waals surface area contributed by atoms with Gasteiger partial charge in [0.25, 0.3) is 5.91 Å². The first-order chi connectivity index (χ1) is 16.2. The largest absolute Gasteiger partial charge is 0.481 e. The second-order valence-electron chi connectivity index (χ2n) is 9.11. The molecule has 7 nitrogen and oxygen atoms in total. The van der Waals surface area contributed by atoms with E-state index < -0.39 is 11.7 Å². The quantitative estimate of drug-likeness (QED) is 0.455. The minimum absolute atomic E-state index is 0.0140. The van der Waals surface area contributed by atoms with Crippen LogP contribution in [0.4, 0.5) is 0 Å². The fourth-order valence-electron chi connectivity index (χ4n) is 4.46. The first-order valence-electron chi connectivity index (χ1n) is 11.5. The van der Waals surface area contributed by atoms with Gasteiger partial charge in [-0.3, -0.25) is 9.59 Å². The molecule has 2 N–H and O–H groups in total. The molecule has 1 fully saturated rings. The number of amides is 2. The van der Waals surface area contributed by atoms with Crippen molar-refractivity contribution in [3.63, 3.8) is 0 Å². The van der Waals surface area contributed by atoms with Crippen LogP contribution in [0.1, 0.15) is 45.6 Å². The van der Waals surface area contributed by atoms with E-state index in [1.54, 1.807) is 13.0 Å². The summed E-state index contributed by atoms with van der Waals surface area (Å²) >= 11 is 0. The van der Waals surface area contributed by atoms with Crippen molar-refractivity contribution in [3.8, 4) is 16.9 Å². The van der Waals surface area contributed by atoms with Gasteiger partial charge in [-0.1, -0.05) is 24.3 Å². The Morgan fingerprint density at radius 2 is 1.85 bits per heavy atom. The van der Waals surface area contributed by atoms with Crippen LogP contribution in [0, 0.1) is 6.92 Å². The number of rotatable bonds is 4. The summed E-state index contributed by atoms with van der Waals surface area (Å²) < 4.78 is 11.5. The number of ether oxygens (including phenoxy) is 1. The molecule has 0 aliphatic carbocycles. The lowest BCUT2D eigenvalue weighted by Crippen LogP contribution is -2.54. The van der Waals surface area contributed by atoms with E-state index in [2.05, 4.69) is 19.6 Å². The molecular weight excluding hydrogens is 432 g/mol. The number of aryl methyl sites for hydroxylation is 1. The molecular formula is C27H32N2O5. The maximum atomic E-state index is 13.0. The van der Waals surface area contributed by atoms with Crippen LogP contribution < -0.4 is 16.1 Å². The second kappa shape index (κ2) is 10.5. The summed E-state index contributed by atoms with van der Waals surface area (Å²) in [5.74, 6) is 0.494. The Bertz CT molecular complexity index is 1230. The molecule has 3 aromatic rings. The minimum atomic E-state index is -0.624. The first kappa shape index (κ1) is 25.0. The third kappa shape index (κ3) is 5.47. The zero-order chi connectivity index (χ0) is 24.9. The average Bonchev–Trinajstić information content (AvgIpc) is 2.78. The Morgan fingerprint density at radius 1 is 1.15 bits per heavy atom. The number of primary amides is 1. The van der Waals surface area contributed by atoms with Crippen LogP contribution in [0.15, 0.2) is 57.7 Å². The van der Waals surface area contributed by atoms with Crippen LogP contribution in [0.25, 0.3) is 22.1 Å². The number of hydrogen-bond acceptors (Lipinski definition) is 5. The molecule has 2 amide bonds. The molecule has 1 aliphatic heterocycles. The van der Waals surface area contributed by atoms with Gasteiger partial charge >= 0.3 is 5.63 Å². The SMILES string of the molecule is Cc1ccccc1-c1cc(=O)oc2cc(OC(C)C(=O)N3CCCCC3(C)C)ccc12.NC=O. The molecule has 1 aliphatic rings. The number of nitrogens with zero attached hydrogens (tertiary/aromatic N) is 1. The molecule has 1 unspecified atom stereocenters. The Labute approximate surface area is 199 Å². The average molecular weight is 465 g/mol. The standard InChI is InChI=1S/C26H29NO4.CH3NO/c1-17-9-5-6-10-20(17)22-16-24(28)31-23-15-19(11-12-21(22)23)30-18(2)25(29)27-14-8-7-13-26(27,3)4;2-1-3/h5-6,9-12,15-16,18H,7-8,13-14H2,1-4H3;1H,(H2,2,3). The molecule has 1 aromatic heterocycles. The normalized spacial score (nSPS) is 15.7. The van der Waals surface area contributed by atoms with Crippen molar-refractivity contribution in [3.05, 3.63) is 64.5 Å². The molecule has 1 atom stereocenters. The molecule has 2 aromatic carbocycles. The molecule has 7 heteroatoms. The molecule has 0 radical (unpaired) electrons. The minimum Gasteiger partial charge on any atom is -0.481 e. The van der Waals surface area contributed by atoms with E-state index in [1.165, 1.54) is 6.07 Å². The molecule has 0 bridgehead atoms. The van der Waals surface area contributed by atoms with Gasteiger partial charge in [0.15, 0.2) is 6.10 Å². The maximum Gasteiger partial charge on any atom is 0.336 e. The summed E-state index contributed by atoms with van der Waals surface area (Å²) in [5, 5.41) is 0.831. The van der Waals surface area contributed by atoms with E-state index >= 15 is 0 Å². The number of piperidine rings is 1. The lowest BCUT2D eigenvalue weighted by molar-refractivity contribution is -0.145. The van der Waals surface area contributed by atoms with Crippen molar-refractivity contribution in [2.24, 2.45) is 5.73 Å². The highest BCUT2D eigenvalue weighted by Gasteiger charge is 2.35. The van der Waals surface area contributed by atoms with E-state index in [0.717, 1.165) is 47.9 Å². The number of carbonyl (C=O) groups excluding carboxylic acids is 2. The molecule has 1 saturated heterocycles. The van der Waals surface area contributed by atoms with Gasteiger partial charge < -0.3 is 19.8 Å². The predicted octanol–water partition coefficient (Wildman–Crippen LogP) is 4.43. The van der Waals surface area contributed by atoms with Gasteiger partial charge in [0.1, 0.15) is 11.3 Å². The van der Waals surface area contributed by atoms with Crippen LogP contribution in [0.3, 0.4) is 0 Å². The zero-order valence-corrected chi connectivity index (χ0v) is 20.2. The van der Waals surface area contributed by atoms with Gasteiger partial charge in [0, 0.05) is 35.2 Å². The third-order valence-electron chi connectivity index (χ3n) is 6.23. The van der Waals surface area contributed by atoms with Crippen LogP contribution in [-0.4, -0.2) is 35.4 Å². The molecule has 180 valence electrons. The highest BCUT2D eigenvalue weighted by molar-refractivity contribution is 5.94. The summed E-state index contributed by atoms with van der Waals surface area (Å²) in [5.41, 5.74) is 6.94. The summed E-state index contributed by atoms with van der Waals surface area (Å²) in [4.78, 5) is 35.8. The summed E-state index contributed by atoms with van der Waals surface area (Å²) in [6, 6.07) is 14.9. The summed E-state index contributed by atoms with van der Waals surface area (Å²) in [7, 11) is 0. The van der Waals surface area contributed by atoms with Crippen molar-refractivity contribution in [1.82, 2.24) is 4.90 Å². The fourth-order valence-corrected chi connectivity index (χ4v) is 4.46. The zero-order valence-electron chi connectivity index (χ0n) is 20.2. The fraction of sp³-hybridized carbons (Fsp3) is 0.370. The van der Waals surface area contributed by atoms with E-state index in [-0.39, 0.29) is 17.9 Å². The number of nitrogens with two attached hydrogens (primary N) is 1. The van der Waals surface area contributed by atoms with E-state index in [1.807, 2.05) is 48.2 Å². The van der Waals surface area contributed by atoms with Crippen LogP contribution in [0.2, 0.25) is 0 Å². The number of carbonyl (C=O) groups is 2. The van der Waals surface area contributed by atoms with Crippen molar-refractivity contribution < 1.29 is 18.7 Å². The van der Waals surface area contributed by atoms with Gasteiger partial charge in [-0.25, -0.2) is 4.79 Å². The third-order valence-corrected chi connectivity index (χ3v) is 6.23. The van der Waals surface area contributed by atoms with Gasteiger partial charge in [-0.15, -0.1) is 0 Å². The van der Waals surface area contributed by atoms with E-state index in [0.29, 0.717) is 11.3 Å². The van der Waals surface area contributed by atoms with Crippen molar-refractivity contribution in [2.45, 2.75) is 58.6 Å². The Morgan fingerprint density at radius 3 is 2.53 bits per heavy atom. The Balaban J connectivity index is 0.00000103. The predicted molar refractivity (Wildman–Crippen MR) is 133 cm³/mol. The van der Waals surface area contributed by atoms with Gasteiger partial charge in [-0.2, -0.15) is 0 Å². The molecule has 0 saturated carbocycles. The van der Waals surface area contributed by atoms with Crippen LogP contribution >= 0.6 is 0 Å². The Hall–Kier alpha value is -3.61. The van der Waals surface area contributed by atoms with E-state index in [9.17, 15) is 9.59 Å². The highest BCUT2D eigenvalue weighted by atomic mass is 16.5. The molecule has 4 rings (SSSR count). The van der Waals surface area contributed by atoms with Crippen LogP contribution in [0.5, 0.6) is 5.75 Å². The first-order valence-corrected chi connectivity index (χ1v) is 11.5. The van der Waals surface area contributed by atoms with Crippen molar-refractivity contribution in [1.29, 1.82) is 0 Å². The molecule has 34 heavy (non-hydrogen) atoms. The smallest absolute Gasteiger partial charge is 0.336 e. The van der Waals surface area contributed by atoms with Gasteiger partial charge in [0.2, 0.25) is 6.41 Å². The summed E-state index contributed by atoms with van der Waals surface area (Å²) in [6.07, 6.45) is 2.78. The van der Waals surface area contributed by atoms with Gasteiger partial charge in [0.05, 0.1) is 0 Å². The van der Waals surface area contributed by atoms with Gasteiger partial charge in [-0.05, 0) is 70.2 Å². The van der Waals surface area contributed by atoms with E-state index in [4.69, 9.17) is 13.9 Å². The van der Waals surface area contributed by atoms with Crippen molar-refractivity contribution >= 4 is 23.3 Å².